The molecular weight excluding hydrogens is 616 g/mol. The molecule has 0 radical (unpaired) electrons. The van der Waals surface area contributed by atoms with Gasteiger partial charge in [-0.05, 0) is 41.7 Å². The van der Waals surface area contributed by atoms with Gasteiger partial charge in [-0.2, -0.15) is 0 Å². The van der Waals surface area contributed by atoms with Crippen LogP contribution in [0.25, 0.3) is 0 Å². The van der Waals surface area contributed by atoms with Gasteiger partial charge in [-0.15, -0.1) is 10.2 Å². The molecule has 248 valence electrons. The van der Waals surface area contributed by atoms with E-state index in [1.165, 1.54) is 0 Å². The van der Waals surface area contributed by atoms with Crippen LogP contribution < -0.4 is 16.4 Å². The maximum absolute atomic E-state index is 12.5. The van der Waals surface area contributed by atoms with E-state index < -0.39 is 6.29 Å². The normalized spacial score (nSPS) is 17.7. The van der Waals surface area contributed by atoms with E-state index in [-0.39, 0.29) is 30.6 Å². The van der Waals surface area contributed by atoms with Crippen LogP contribution in [0, 0.1) is 0 Å². The fourth-order valence-corrected chi connectivity index (χ4v) is 6.15. The fourth-order valence-electron chi connectivity index (χ4n) is 5.25. The lowest BCUT2D eigenvalue weighted by Gasteiger charge is -2.36. The van der Waals surface area contributed by atoms with Crippen LogP contribution in [0.1, 0.15) is 73.2 Å². The lowest BCUT2D eigenvalue weighted by atomic mass is 10.0. The summed E-state index contributed by atoms with van der Waals surface area (Å²) in [6.45, 7) is 0.413. The number of nitrogens with zero attached hydrogens (tertiary/aromatic N) is 3. The number of carbonyl (C=O) groups is 2. The van der Waals surface area contributed by atoms with Crippen molar-refractivity contribution in [3.05, 3.63) is 101 Å². The van der Waals surface area contributed by atoms with Gasteiger partial charge in [0.05, 0.1) is 30.2 Å². The second-order valence-electron chi connectivity index (χ2n) is 11.6. The molecule has 0 bridgehead atoms. The largest absolute Gasteiger partial charge is 0.397 e. The van der Waals surface area contributed by atoms with Crippen LogP contribution >= 0.6 is 11.8 Å². The first kappa shape index (κ1) is 34.1. The standard InChI is InChI=1S/C35H42N6O5S/c1-41-23-38-40-35(41)47-22-28-19-31(26-15-13-25(21-42)14-16-26)46-34(45-28)27-17-11-24(12-18-27)20-37-32(43)9-3-2-4-10-33(44)39-30-8-6-5-7-29(30)36/h5-8,11-18,23,28,31,34,42H,2-4,9-10,19-22,36H2,1H3,(H,37,43)(H,39,44). The summed E-state index contributed by atoms with van der Waals surface area (Å²) in [6.07, 6.45) is 4.52. The number of nitrogens with two attached hydrogens (primary N) is 1. The summed E-state index contributed by atoms with van der Waals surface area (Å²) in [5.74, 6) is 0.592. The van der Waals surface area contributed by atoms with E-state index in [2.05, 4.69) is 20.8 Å². The van der Waals surface area contributed by atoms with Crippen LogP contribution in [0.2, 0.25) is 0 Å². The van der Waals surface area contributed by atoms with Crippen LogP contribution in [0.15, 0.2) is 84.3 Å². The zero-order chi connectivity index (χ0) is 33.0. The van der Waals surface area contributed by atoms with E-state index in [1.54, 1.807) is 30.2 Å². The molecule has 2 amide bonds. The second kappa shape index (κ2) is 17.1. The number of aromatic nitrogens is 3. The highest BCUT2D eigenvalue weighted by Crippen LogP contribution is 2.39. The lowest BCUT2D eigenvalue weighted by Crippen LogP contribution is -2.31. The molecule has 1 fully saturated rings. The fraction of sp³-hybridized carbons (Fsp3) is 0.371. The molecule has 2 heterocycles. The molecule has 4 aromatic rings. The van der Waals surface area contributed by atoms with Gasteiger partial charge in [0.2, 0.25) is 11.8 Å². The number of aliphatic hydroxyl groups is 1. The van der Waals surface area contributed by atoms with E-state index in [9.17, 15) is 14.7 Å². The highest BCUT2D eigenvalue weighted by Gasteiger charge is 2.32. The molecule has 5 N–H and O–H groups in total. The average molecular weight is 659 g/mol. The number of hydrogen-bond acceptors (Lipinski definition) is 9. The van der Waals surface area contributed by atoms with Crippen molar-refractivity contribution in [3.8, 4) is 0 Å². The molecule has 0 saturated carbocycles. The Kier molecular flexibility index (Phi) is 12.4. The summed E-state index contributed by atoms with van der Waals surface area (Å²) in [5, 5.41) is 24.2. The summed E-state index contributed by atoms with van der Waals surface area (Å²) in [5.41, 5.74) is 10.8. The molecule has 0 aliphatic carbocycles. The van der Waals surface area contributed by atoms with Gasteiger partial charge >= 0.3 is 0 Å². The van der Waals surface area contributed by atoms with Crippen molar-refractivity contribution in [2.45, 2.75) is 75.3 Å². The third-order valence-corrected chi connectivity index (χ3v) is 9.13. The monoisotopic (exact) mass is 658 g/mol. The first-order valence-corrected chi connectivity index (χ1v) is 16.8. The van der Waals surface area contributed by atoms with Gasteiger partial charge in [0.15, 0.2) is 11.4 Å². The molecular formula is C35H42N6O5S. The van der Waals surface area contributed by atoms with Gasteiger partial charge in [-0.1, -0.05) is 78.8 Å². The molecule has 3 atom stereocenters. The van der Waals surface area contributed by atoms with Gasteiger partial charge in [-0.25, -0.2) is 0 Å². The Morgan fingerprint density at radius 2 is 1.64 bits per heavy atom. The van der Waals surface area contributed by atoms with Crippen molar-refractivity contribution >= 4 is 35.0 Å². The maximum Gasteiger partial charge on any atom is 0.224 e. The number of nitrogens with one attached hydrogen (secondary N) is 2. The van der Waals surface area contributed by atoms with E-state index >= 15 is 0 Å². The van der Waals surface area contributed by atoms with E-state index in [4.69, 9.17) is 15.2 Å². The predicted molar refractivity (Wildman–Crippen MR) is 181 cm³/mol. The number of para-hydroxylation sites is 2. The topological polar surface area (TPSA) is 154 Å². The second-order valence-corrected chi connectivity index (χ2v) is 12.6. The maximum atomic E-state index is 12.5. The molecule has 3 unspecified atom stereocenters. The Morgan fingerprint density at radius 3 is 2.34 bits per heavy atom. The van der Waals surface area contributed by atoms with Gasteiger partial charge in [-0.3, -0.25) is 9.59 Å². The first-order valence-electron chi connectivity index (χ1n) is 15.8. The van der Waals surface area contributed by atoms with Crippen LogP contribution in [-0.4, -0.2) is 43.5 Å². The third kappa shape index (κ3) is 10.1. The number of benzene rings is 3. The van der Waals surface area contributed by atoms with Crippen molar-refractivity contribution in [3.63, 3.8) is 0 Å². The number of nitrogen functional groups attached to an aromatic ring is 1. The van der Waals surface area contributed by atoms with E-state index in [0.29, 0.717) is 55.8 Å². The molecule has 3 aromatic carbocycles. The number of aryl methyl sites for hydroxylation is 1. The van der Waals surface area contributed by atoms with Crippen LogP contribution in [0.4, 0.5) is 11.4 Å². The summed E-state index contributed by atoms with van der Waals surface area (Å²) in [6, 6.07) is 22.9. The third-order valence-electron chi connectivity index (χ3n) is 7.97. The van der Waals surface area contributed by atoms with Crippen LogP contribution in [0.3, 0.4) is 0 Å². The number of hydrogen-bond donors (Lipinski definition) is 4. The number of carbonyl (C=O) groups excluding carboxylic acids is 2. The Balaban J connectivity index is 1.08. The van der Waals surface area contributed by atoms with Gasteiger partial charge in [0.1, 0.15) is 6.33 Å². The van der Waals surface area contributed by atoms with Crippen molar-refractivity contribution in [2.75, 3.05) is 16.8 Å². The number of anilines is 2. The Bertz CT molecular complexity index is 1600. The SMILES string of the molecule is Cn1cnnc1SCC1CC(c2ccc(CO)cc2)OC(c2ccc(CNC(=O)CCCCCC(=O)Nc3ccccc3N)cc2)O1. The zero-order valence-corrected chi connectivity index (χ0v) is 27.3. The minimum Gasteiger partial charge on any atom is -0.397 e. The molecule has 12 heteroatoms. The van der Waals surface area contributed by atoms with E-state index in [1.807, 2.05) is 72.3 Å². The lowest BCUT2D eigenvalue weighted by molar-refractivity contribution is -0.245. The number of ether oxygens (including phenoxy) is 2. The van der Waals surface area contributed by atoms with Crippen molar-refractivity contribution in [2.24, 2.45) is 7.05 Å². The minimum absolute atomic E-state index is 0.00643. The number of rotatable bonds is 15. The Hall–Kier alpha value is -4.23. The number of unbranched alkanes of at least 4 members (excludes halogenated alkanes) is 2. The minimum atomic E-state index is -0.563. The van der Waals surface area contributed by atoms with E-state index in [0.717, 1.165) is 33.8 Å². The van der Waals surface area contributed by atoms with Gasteiger partial charge < -0.3 is 35.5 Å². The molecule has 5 rings (SSSR count). The highest BCUT2D eigenvalue weighted by atomic mass is 32.2. The van der Waals surface area contributed by atoms with Crippen LogP contribution in [-0.2, 0) is 39.3 Å². The summed E-state index contributed by atoms with van der Waals surface area (Å²) in [4.78, 5) is 24.6. The van der Waals surface area contributed by atoms with Crippen molar-refractivity contribution in [1.29, 1.82) is 0 Å². The van der Waals surface area contributed by atoms with Crippen molar-refractivity contribution in [1.82, 2.24) is 20.1 Å². The first-order chi connectivity index (χ1) is 22.9. The average Bonchev–Trinajstić information content (AvgIpc) is 3.51. The number of amides is 2. The van der Waals surface area contributed by atoms with Crippen molar-refractivity contribution < 1.29 is 24.2 Å². The molecule has 11 nitrogen and oxygen atoms in total. The van der Waals surface area contributed by atoms with Crippen LogP contribution in [0.5, 0.6) is 0 Å². The molecule has 47 heavy (non-hydrogen) atoms. The molecule has 1 saturated heterocycles. The summed E-state index contributed by atoms with van der Waals surface area (Å²) < 4.78 is 14.7. The molecule has 1 aliphatic heterocycles. The molecule has 0 spiro atoms. The van der Waals surface area contributed by atoms with Gasteiger partial charge in [0, 0.05) is 44.2 Å². The summed E-state index contributed by atoms with van der Waals surface area (Å²) >= 11 is 1.60. The quantitative estimate of drug-likeness (QED) is 0.0744. The number of aliphatic hydroxyl groups excluding tert-OH is 1. The smallest absolute Gasteiger partial charge is 0.224 e. The van der Waals surface area contributed by atoms with Gasteiger partial charge in [0.25, 0.3) is 0 Å². The zero-order valence-electron chi connectivity index (χ0n) is 26.5. The Morgan fingerprint density at radius 1 is 0.936 bits per heavy atom. The Labute approximate surface area is 279 Å². The number of thioether (sulfide) groups is 1. The molecule has 1 aromatic heterocycles. The highest BCUT2D eigenvalue weighted by molar-refractivity contribution is 7.99. The summed E-state index contributed by atoms with van der Waals surface area (Å²) in [7, 11) is 1.92. The predicted octanol–water partition coefficient (Wildman–Crippen LogP) is 5.43. The molecule has 1 aliphatic rings.